The van der Waals surface area contributed by atoms with Gasteiger partial charge in [0.05, 0.1) is 11.8 Å². The van der Waals surface area contributed by atoms with Crippen molar-refractivity contribution in [1.82, 2.24) is 0 Å². The largest absolute Gasteiger partial charge is 0.494 e. The second-order valence-corrected chi connectivity index (χ2v) is 2.20. The Bertz CT molecular complexity index is 314. The van der Waals surface area contributed by atoms with Gasteiger partial charge in [-0.05, 0) is 0 Å². The van der Waals surface area contributed by atoms with Gasteiger partial charge < -0.3 is 10.5 Å². The maximum Gasteiger partial charge on any atom is 0.270 e. The standard InChI is InChI=1S/C6H5N3O2/c7-6(10)5-3-1-11-2-4(3)8-9-5/h1H,2H2,(H2,7,10). The molecule has 2 aliphatic rings. The highest BCUT2D eigenvalue weighted by atomic mass is 16.5. The van der Waals surface area contributed by atoms with Crippen molar-refractivity contribution in [3.05, 3.63) is 11.8 Å². The number of amides is 1. The number of nitrogens with two attached hydrogens (primary N) is 1. The second kappa shape index (κ2) is 1.91. The van der Waals surface area contributed by atoms with Crippen LogP contribution in [0.3, 0.4) is 0 Å². The Morgan fingerprint density at radius 1 is 1.64 bits per heavy atom. The number of hydrogen-bond donors (Lipinski definition) is 1. The predicted octanol–water partition coefficient (Wildman–Crippen LogP) is -0.804. The lowest BCUT2D eigenvalue weighted by atomic mass is 10.1. The molecule has 5 heteroatoms. The van der Waals surface area contributed by atoms with Crippen LogP contribution in [-0.4, -0.2) is 23.9 Å². The molecule has 0 saturated heterocycles. The third-order valence-electron chi connectivity index (χ3n) is 1.49. The van der Waals surface area contributed by atoms with Crippen LogP contribution in [0.4, 0.5) is 0 Å². The first-order chi connectivity index (χ1) is 5.29. The molecule has 0 aromatic heterocycles. The maximum absolute atomic E-state index is 10.7. The van der Waals surface area contributed by atoms with Gasteiger partial charge >= 0.3 is 0 Å². The Morgan fingerprint density at radius 2 is 2.45 bits per heavy atom. The topological polar surface area (TPSA) is 77.0 Å². The minimum absolute atomic E-state index is 0.192. The predicted molar refractivity (Wildman–Crippen MR) is 38.1 cm³/mol. The third kappa shape index (κ3) is 0.739. The zero-order chi connectivity index (χ0) is 7.84. The first kappa shape index (κ1) is 6.09. The lowest BCUT2D eigenvalue weighted by molar-refractivity contribution is -0.111. The van der Waals surface area contributed by atoms with E-state index in [0.717, 1.165) is 0 Å². The van der Waals surface area contributed by atoms with Gasteiger partial charge in [0.15, 0.2) is 5.71 Å². The van der Waals surface area contributed by atoms with E-state index in [4.69, 9.17) is 10.5 Å². The van der Waals surface area contributed by atoms with Crippen LogP contribution in [0.15, 0.2) is 22.0 Å². The number of carbonyl (C=O) groups excluding carboxylic acids is 1. The Morgan fingerprint density at radius 3 is 3.18 bits per heavy atom. The van der Waals surface area contributed by atoms with Gasteiger partial charge in [-0.25, -0.2) is 0 Å². The molecule has 0 fully saturated rings. The number of hydrogen-bond acceptors (Lipinski definition) is 4. The highest BCUT2D eigenvalue weighted by Crippen LogP contribution is 2.16. The van der Waals surface area contributed by atoms with E-state index >= 15 is 0 Å². The normalized spacial score (nSPS) is 19.8. The van der Waals surface area contributed by atoms with Crippen molar-refractivity contribution in [3.8, 4) is 0 Å². The fourth-order valence-electron chi connectivity index (χ4n) is 0.971. The molecule has 1 amide bonds. The zero-order valence-electron chi connectivity index (χ0n) is 5.57. The lowest BCUT2D eigenvalue weighted by Crippen LogP contribution is -2.24. The monoisotopic (exact) mass is 151 g/mol. The highest BCUT2D eigenvalue weighted by Gasteiger charge is 2.28. The van der Waals surface area contributed by atoms with E-state index in [1.165, 1.54) is 6.26 Å². The minimum Gasteiger partial charge on any atom is -0.494 e. The summed E-state index contributed by atoms with van der Waals surface area (Å²) in [5, 5.41) is 7.31. The Labute approximate surface area is 62.2 Å². The fraction of sp³-hybridized carbons (Fsp3) is 0.167. The zero-order valence-corrected chi connectivity index (χ0v) is 5.57. The van der Waals surface area contributed by atoms with Gasteiger partial charge in [0.2, 0.25) is 0 Å². The van der Waals surface area contributed by atoms with Crippen molar-refractivity contribution in [2.45, 2.75) is 0 Å². The van der Waals surface area contributed by atoms with Gasteiger partial charge in [-0.1, -0.05) is 0 Å². The molecule has 0 aromatic rings. The summed E-state index contributed by atoms with van der Waals surface area (Å²) < 4.78 is 4.91. The minimum atomic E-state index is -0.569. The molecule has 2 aliphatic heterocycles. The maximum atomic E-state index is 10.7. The Hall–Kier alpha value is -1.65. The van der Waals surface area contributed by atoms with Gasteiger partial charge in [-0.3, -0.25) is 4.79 Å². The van der Waals surface area contributed by atoms with Crippen molar-refractivity contribution < 1.29 is 9.53 Å². The molecule has 56 valence electrons. The quantitative estimate of drug-likeness (QED) is 0.532. The number of ether oxygens (including phenoxy) is 1. The fourth-order valence-corrected chi connectivity index (χ4v) is 0.971. The molecular formula is C6H5N3O2. The number of nitrogens with zero attached hydrogens (tertiary/aromatic N) is 2. The van der Waals surface area contributed by atoms with Crippen molar-refractivity contribution in [2.24, 2.45) is 15.9 Å². The lowest BCUT2D eigenvalue weighted by Gasteiger charge is -1.90. The summed E-state index contributed by atoms with van der Waals surface area (Å²) in [5.41, 5.74) is 6.51. The van der Waals surface area contributed by atoms with Crippen LogP contribution >= 0.6 is 0 Å². The smallest absolute Gasteiger partial charge is 0.270 e. The first-order valence-electron chi connectivity index (χ1n) is 3.06. The summed E-state index contributed by atoms with van der Waals surface area (Å²) in [5.74, 6) is -0.569. The van der Waals surface area contributed by atoms with Crippen LogP contribution in [0.1, 0.15) is 0 Å². The number of carbonyl (C=O) groups is 1. The van der Waals surface area contributed by atoms with Gasteiger partial charge in [0, 0.05) is 0 Å². The van der Waals surface area contributed by atoms with Crippen molar-refractivity contribution >= 4 is 17.3 Å². The molecule has 5 nitrogen and oxygen atoms in total. The van der Waals surface area contributed by atoms with Crippen LogP contribution in [0.25, 0.3) is 0 Å². The van der Waals surface area contributed by atoms with E-state index in [1.54, 1.807) is 0 Å². The average molecular weight is 151 g/mol. The summed E-state index contributed by atoms with van der Waals surface area (Å²) in [6.45, 7) is 0.385. The van der Waals surface area contributed by atoms with E-state index in [1.807, 2.05) is 0 Å². The molecule has 0 aromatic carbocycles. The summed E-state index contributed by atoms with van der Waals surface area (Å²) in [6.07, 6.45) is 1.45. The highest BCUT2D eigenvalue weighted by molar-refractivity contribution is 6.53. The molecule has 2 N–H and O–H groups in total. The van der Waals surface area contributed by atoms with Gasteiger partial charge in [-0.15, -0.1) is 5.10 Å². The van der Waals surface area contributed by atoms with Crippen LogP contribution in [0.5, 0.6) is 0 Å². The molecule has 0 saturated carbocycles. The summed E-state index contributed by atoms with van der Waals surface area (Å²) in [6, 6.07) is 0. The van der Waals surface area contributed by atoms with Crippen molar-refractivity contribution in [2.75, 3.05) is 6.61 Å². The van der Waals surface area contributed by atoms with Gasteiger partial charge in [0.25, 0.3) is 5.91 Å². The first-order valence-corrected chi connectivity index (χ1v) is 3.06. The van der Waals surface area contributed by atoms with Gasteiger partial charge in [0.1, 0.15) is 12.3 Å². The SMILES string of the molecule is NC(=O)C1=NN=C2COC=C21. The molecule has 0 atom stereocenters. The molecule has 0 aliphatic carbocycles. The van der Waals surface area contributed by atoms with E-state index in [0.29, 0.717) is 17.9 Å². The van der Waals surface area contributed by atoms with Crippen LogP contribution < -0.4 is 5.73 Å². The van der Waals surface area contributed by atoms with Crippen LogP contribution in [-0.2, 0) is 9.53 Å². The second-order valence-electron chi connectivity index (χ2n) is 2.20. The van der Waals surface area contributed by atoms with E-state index in [2.05, 4.69) is 10.2 Å². The number of fused-ring (bicyclic) bond motifs is 1. The van der Waals surface area contributed by atoms with Gasteiger partial charge in [-0.2, -0.15) is 5.10 Å². The van der Waals surface area contributed by atoms with E-state index in [-0.39, 0.29) is 5.71 Å². The van der Waals surface area contributed by atoms with Crippen LogP contribution in [0, 0.1) is 0 Å². The Balaban J connectivity index is 2.38. The molecule has 2 rings (SSSR count). The molecular weight excluding hydrogens is 146 g/mol. The van der Waals surface area contributed by atoms with E-state index < -0.39 is 5.91 Å². The Kier molecular flexibility index (Phi) is 1.06. The third-order valence-corrected chi connectivity index (χ3v) is 1.49. The summed E-state index contributed by atoms with van der Waals surface area (Å²) in [4.78, 5) is 10.7. The van der Waals surface area contributed by atoms with E-state index in [9.17, 15) is 4.79 Å². The molecule has 0 bridgehead atoms. The molecule has 0 radical (unpaired) electrons. The van der Waals surface area contributed by atoms with Crippen molar-refractivity contribution in [3.63, 3.8) is 0 Å². The average Bonchev–Trinajstić information content (AvgIpc) is 2.41. The van der Waals surface area contributed by atoms with Crippen molar-refractivity contribution in [1.29, 1.82) is 0 Å². The molecule has 0 spiro atoms. The molecule has 11 heavy (non-hydrogen) atoms. The summed E-state index contributed by atoms with van der Waals surface area (Å²) in [7, 11) is 0. The summed E-state index contributed by atoms with van der Waals surface area (Å²) >= 11 is 0. The number of rotatable bonds is 1. The number of primary amides is 1. The molecule has 0 unspecified atom stereocenters. The molecule has 2 heterocycles. The van der Waals surface area contributed by atoms with Crippen LogP contribution in [0.2, 0.25) is 0 Å².